The maximum absolute atomic E-state index is 12.5. The van der Waals surface area contributed by atoms with Crippen LogP contribution < -0.4 is 0 Å². The zero-order valence-corrected chi connectivity index (χ0v) is 12.3. The molecule has 2 heterocycles. The van der Waals surface area contributed by atoms with Crippen LogP contribution in [0.5, 0.6) is 0 Å². The Labute approximate surface area is 122 Å². The summed E-state index contributed by atoms with van der Waals surface area (Å²) < 4.78 is 0. The van der Waals surface area contributed by atoms with Crippen LogP contribution in [0.1, 0.15) is 20.3 Å². The fraction of sp³-hybridized carbons (Fsp3) is 0.533. The Balaban J connectivity index is 2.07. The molecule has 3 atom stereocenters. The molecule has 0 spiro atoms. The first-order chi connectivity index (χ1) is 9.90. The Hall–Kier alpha value is -1.95. The van der Waals surface area contributed by atoms with E-state index in [1.807, 2.05) is 6.92 Å². The van der Waals surface area contributed by atoms with Crippen molar-refractivity contribution in [2.75, 3.05) is 13.6 Å². The summed E-state index contributed by atoms with van der Waals surface area (Å²) in [5.41, 5.74) is 1.32. The van der Waals surface area contributed by atoms with E-state index in [-0.39, 0.29) is 23.6 Å². The molecule has 1 fully saturated rings. The van der Waals surface area contributed by atoms with Gasteiger partial charge in [0.1, 0.15) is 0 Å². The molecular formula is C15H18N2O4. The second-order valence-corrected chi connectivity index (χ2v) is 5.82. The molecule has 3 amide bonds. The number of carbonyl (C=O) groups is 3. The number of aliphatic hydroxyl groups excluding tert-OH is 1. The summed E-state index contributed by atoms with van der Waals surface area (Å²) in [7, 11) is 1.51. The van der Waals surface area contributed by atoms with Crippen molar-refractivity contribution in [3.63, 3.8) is 0 Å². The van der Waals surface area contributed by atoms with E-state index in [0.29, 0.717) is 29.7 Å². The van der Waals surface area contributed by atoms with Crippen LogP contribution >= 0.6 is 0 Å². The van der Waals surface area contributed by atoms with E-state index in [0.717, 1.165) is 0 Å². The fourth-order valence-corrected chi connectivity index (χ4v) is 3.48. The van der Waals surface area contributed by atoms with Gasteiger partial charge in [0, 0.05) is 36.2 Å². The summed E-state index contributed by atoms with van der Waals surface area (Å²) in [6.07, 6.45) is 1.21. The van der Waals surface area contributed by atoms with Crippen LogP contribution in [0, 0.1) is 11.8 Å². The number of likely N-dealkylation sites (N-methyl/N-ethyl adjacent to an activating group) is 1. The minimum Gasteiger partial charge on any atom is -0.369 e. The summed E-state index contributed by atoms with van der Waals surface area (Å²) in [4.78, 5) is 39.5. The molecule has 0 aromatic rings. The van der Waals surface area contributed by atoms with E-state index in [9.17, 15) is 19.5 Å². The Morgan fingerprint density at radius 3 is 2.52 bits per heavy atom. The average Bonchev–Trinajstić information content (AvgIpc) is 2.82. The van der Waals surface area contributed by atoms with Gasteiger partial charge in [-0.2, -0.15) is 0 Å². The summed E-state index contributed by atoms with van der Waals surface area (Å²) in [5.74, 6) is -1.77. The molecule has 0 radical (unpaired) electrons. The summed E-state index contributed by atoms with van der Waals surface area (Å²) in [6.45, 7) is 4.07. The maximum Gasteiger partial charge on any atom is 0.257 e. The van der Waals surface area contributed by atoms with Crippen molar-refractivity contribution in [2.24, 2.45) is 11.8 Å². The SMILES string of the molecule is CCCN1C(=O)C2=CC3=C(C(=O)N(C)[C@H]3O)C(C)C2C1=O. The summed E-state index contributed by atoms with van der Waals surface area (Å²) in [5, 5.41) is 10.1. The van der Waals surface area contributed by atoms with Crippen LogP contribution in [0.25, 0.3) is 0 Å². The van der Waals surface area contributed by atoms with E-state index >= 15 is 0 Å². The zero-order chi connectivity index (χ0) is 15.5. The summed E-state index contributed by atoms with van der Waals surface area (Å²) in [6, 6.07) is 0. The van der Waals surface area contributed by atoms with Crippen molar-refractivity contribution in [3.05, 3.63) is 22.8 Å². The number of nitrogens with zero attached hydrogens (tertiary/aromatic N) is 2. The number of likely N-dealkylation sites (tertiary alicyclic amines) is 1. The first-order valence-electron chi connectivity index (χ1n) is 7.16. The van der Waals surface area contributed by atoms with E-state index in [1.165, 1.54) is 16.8 Å². The van der Waals surface area contributed by atoms with Crippen molar-refractivity contribution in [3.8, 4) is 0 Å². The highest BCUT2D eigenvalue weighted by Gasteiger charge is 2.52. The molecule has 3 aliphatic rings. The van der Waals surface area contributed by atoms with Crippen molar-refractivity contribution in [1.82, 2.24) is 9.80 Å². The smallest absolute Gasteiger partial charge is 0.257 e. The molecule has 0 saturated carbocycles. The Morgan fingerprint density at radius 1 is 1.24 bits per heavy atom. The molecule has 2 unspecified atom stereocenters. The molecule has 3 rings (SSSR count). The Kier molecular flexibility index (Phi) is 3.02. The molecule has 1 aliphatic carbocycles. The second kappa shape index (κ2) is 4.53. The largest absolute Gasteiger partial charge is 0.369 e. The highest BCUT2D eigenvalue weighted by Crippen LogP contribution is 2.44. The topological polar surface area (TPSA) is 77.9 Å². The summed E-state index contributed by atoms with van der Waals surface area (Å²) >= 11 is 0. The Bertz CT molecular complexity index is 619. The van der Waals surface area contributed by atoms with Gasteiger partial charge in [-0.3, -0.25) is 19.3 Å². The van der Waals surface area contributed by atoms with Crippen molar-refractivity contribution in [2.45, 2.75) is 26.5 Å². The average molecular weight is 290 g/mol. The van der Waals surface area contributed by atoms with Gasteiger partial charge in [0.2, 0.25) is 5.91 Å². The number of fused-ring (bicyclic) bond motifs is 1. The molecule has 0 aromatic carbocycles. The highest BCUT2D eigenvalue weighted by atomic mass is 16.3. The number of carbonyl (C=O) groups excluding carboxylic acids is 3. The third-order valence-corrected chi connectivity index (χ3v) is 4.58. The predicted octanol–water partition coefficient (Wildman–Crippen LogP) is 0.0445. The van der Waals surface area contributed by atoms with Crippen LogP contribution in [0.15, 0.2) is 22.8 Å². The minimum absolute atomic E-state index is 0.232. The minimum atomic E-state index is -1.04. The molecule has 6 heteroatoms. The first-order valence-corrected chi connectivity index (χ1v) is 7.16. The maximum atomic E-state index is 12.5. The lowest BCUT2D eigenvalue weighted by molar-refractivity contribution is -0.139. The zero-order valence-electron chi connectivity index (χ0n) is 12.3. The lowest BCUT2D eigenvalue weighted by Crippen LogP contribution is -2.34. The third-order valence-electron chi connectivity index (χ3n) is 4.58. The monoisotopic (exact) mass is 290 g/mol. The molecule has 1 N–H and O–H groups in total. The lowest BCUT2D eigenvalue weighted by Gasteiger charge is -2.23. The Morgan fingerprint density at radius 2 is 1.90 bits per heavy atom. The van der Waals surface area contributed by atoms with Gasteiger partial charge < -0.3 is 10.0 Å². The number of rotatable bonds is 2. The molecule has 0 aromatic heterocycles. The van der Waals surface area contributed by atoms with Gasteiger partial charge in [0.15, 0.2) is 6.23 Å². The van der Waals surface area contributed by atoms with E-state index in [1.54, 1.807) is 13.0 Å². The fourth-order valence-electron chi connectivity index (χ4n) is 3.48. The molecule has 6 nitrogen and oxygen atoms in total. The first kappa shape index (κ1) is 14.0. The van der Waals surface area contributed by atoms with E-state index in [2.05, 4.69) is 0 Å². The normalized spacial score (nSPS) is 31.9. The molecule has 112 valence electrons. The van der Waals surface area contributed by atoms with E-state index < -0.39 is 12.1 Å². The van der Waals surface area contributed by atoms with Crippen molar-refractivity contribution < 1.29 is 19.5 Å². The van der Waals surface area contributed by atoms with Crippen molar-refractivity contribution in [1.29, 1.82) is 0 Å². The molecule has 2 aliphatic heterocycles. The van der Waals surface area contributed by atoms with Gasteiger partial charge >= 0.3 is 0 Å². The predicted molar refractivity (Wildman–Crippen MR) is 73.6 cm³/mol. The number of aliphatic hydroxyl groups is 1. The molecule has 21 heavy (non-hydrogen) atoms. The quantitative estimate of drug-likeness (QED) is 0.729. The number of hydrogen-bond acceptors (Lipinski definition) is 4. The standard InChI is InChI=1S/C15H18N2O4/c1-4-5-17-13(19)9-6-8-10(7(2)11(9)15(17)21)14(20)16(3)12(8)18/h6-7,11-12,18H,4-5H2,1-3H3/t7?,11?,12-/m0/s1. The number of imide groups is 1. The van der Waals surface area contributed by atoms with E-state index in [4.69, 9.17) is 0 Å². The molecular weight excluding hydrogens is 272 g/mol. The second-order valence-electron chi connectivity index (χ2n) is 5.82. The lowest BCUT2D eigenvalue weighted by atomic mass is 9.77. The van der Waals surface area contributed by atoms with Gasteiger partial charge in [0.25, 0.3) is 11.8 Å². The van der Waals surface area contributed by atoms with Crippen LogP contribution in [0.3, 0.4) is 0 Å². The van der Waals surface area contributed by atoms with Gasteiger partial charge in [-0.25, -0.2) is 0 Å². The van der Waals surface area contributed by atoms with Crippen LogP contribution in [-0.2, 0) is 14.4 Å². The van der Waals surface area contributed by atoms with Crippen LogP contribution in [0.2, 0.25) is 0 Å². The third kappa shape index (κ3) is 1.65. The van der Waals surface area contributed by atoms with Crippen molar-refractivity contribution >= 4 is 17.7 Å². The van der Waals surface area contributed by atoms with Crippen LogP contribution in [-0.4, -0.2) is 52.4 Å². The van der Waals surface area contributed by atoms with Gasteiger partial charge in [0.05, 0.1) is 5.92 Å². The molecule has 0 bridgehead atoms. The van der Waals surface area contributed by atoms with Gasteiger partial charge in [-0.1, -0.05) is 13.8 Å². The van der Waals surface area contributed by atoms with Gasteiger partial charge in [-0.05, 0) is 12.5 Å². The number of amides is 3. The number of hydrogen-bond donors (Lipinski definition) is 1. The molecule has 1 saturated heterocycles. The van der Waals surface area contributed by atoms with Gasteiger partial charge in [-0.15, -0.1) is 0 Å². The highest BCUT2D eigenvalue weighted by molar-refractivity contribution is 6.17. The van der Waals surface area contributed by atoms with Crippen LogP contribution in [0.4, 0.5) is 0 Å².